The van der Waals surface area contributed by atoms with E-state index in [-0.39, 0.29) is 19.1 Å². The fourth-order valence-electron chi connectivity index (χ4n) is 2.52. The summed E-state index contributed by atoms with van der Waals surface area (Å²) in [5, 5.41) is 19.1. The number of benzene rings is 1. The van der Waals surface area contributed by atoms with Gasteiger partial charge in [0.25, 0.3) is 0 Å². The molecule has 1 saturated heterocycles. The van der Waals surface area contributed by atoms with Crippen LogP contribution in [-0.4, -0.2) is 66.5 Å². The molecule has 0 spiro atoms. The van der Waals surface area contributed by atoms with E-state index >= 15 is 0 Å². The van der Waals surface area contributed by atoms with E-state index in [0.29, 0.717) is 19.5 Å². The van der Waals surface area contributed by atoms with Gasteiger partial charge in [0.15, 0.2) is 0 Å². The van der Waals surface area contributed by atoms with E-state index in [0.717, 1.165) is 31.5 Å². The molecule has 1 unspecified atom stereocenters. The predicted octanol–water partition coefficient (Wildman–Crippen LogP) is 0.0478. The molecule has 1 heterocycles. The third-order valence-electron chi connectivity index (χ3n) is 3.89. The zero-order chi connectivity index (χ0) is 17.8. The molecule has 6 nitrogen and oxygen atoms in total. The average Bonchev–Trinajstić information content (AvgIpc) is 3.12. The molecule has 6 heteroatoms. The van der Waals surface area contributed by atoms with Crippen LogP contribution in [0, 0.1) is 6.92 Å². The van der Waals surface area contributed by atoms with Gasteiger partial charge in [0.05, 0.1) is 19.3 Å². The number of aliphatic hydroxyl groups excluding tert-OH is 2. The van der Waals surface area contributed by atoms with Crippen LogP contribution < -0.4 is 11.1 Å². The van der Waals surface area contributed by atoms with Crippen molar-refractivity contribution in [2.45, 2.75) is 32.2 Å². The van der Waals surface area contributed by atoms with E-state index in [1.165, 1.54) is 5.56 Å². The van der Waals surface area contributed by atoms with Crippen LogP contribution in [0.1, 0.15) is 24.0 Å². The molecule has 1 aromatic carbocycles. The molecule has 1 fully saturated rings. The Morgan fingerprint density at radius 3 is 2.21 bits per heavy atom. The van der Waals surface area contributed by atoms with Gasteiger partial charge >= 0.3 is 0 Å². The lowest BCUT2D eigenvalue weighted by Gasteiger charge is -2.20. The number of likely N-dealkylation sites (tertiary alicyclic amines) is 1. The number of nitrogens with one attached hydrogen (secondary N) is 1. The lowest BCUT2D eigenvalue weighted by Crippen LogP contribution is -2.43. The minimum atomic E-state index is -0.393. The largest absolute Gasteiger partial charge is 0.395 e. The maximum atomic E-state index is 12.0. The fourth-order valence-corrected chi connectivity index (χ4v) is 2.52. The Morgan fingerprint density at radius 2 is 1.71 bits per heavy atom. The molecule has 1 amide bonds. The molecule has 1 aliphatic rings. The molecule has 0 aromatic heterocycles. The maximum absolute atomic E-state index is 12.0. The van der Waals surface area contributed by atoms with Crippen LogP contribution in [0.25, 0.3) is 0 Å². The Kier molecular flexibility index (Phi) is 10.3. The summed E-state index contributed by atoms with van der Waals surface area (Å²) in [5.41, 5.74) is 8.34. The molecule has 0 bridgehead atoms. The van der Waals surface area contributed by atoms with Gasteiger partial charge in [-0.05, 0) is 31.7 Å². The van der Waals surface area contributed by atoms with E-state index in [1.54, 1.807) is 0 Å². The lowest BCUT2D eigenvalue weighted by molar-refractivity contribution is -0.131. The first-order chi connectivity index (χ1) is 11.6. The Balaban J connectivity index is 0.000000351. The van der Waals surface area contributed by atoms with Crippen LogP contribution in [0.3, 0.4) is 0 Å². The summed E-state index contributed by atoms with van der Waals surface area (Å²) in [4.78, 5) is 13.9. The topological polar surface area (TPSA) is 98.8 Å². The molecule has 1 aromatic rings. The van der Waals surface area contributed by atoms with E-state index in [2.05, 4.69) is 24.4 Å². The number of hydrogen-bond acceptors (Lipinski definition) is 5. The van der Waals surface area contributed by atoms with E-state index in [1.807, 2.05) is 17.0 Å². The summed E-state index contributed by atoms with van der Waals surface area (Å²) in [6.07, 6.45) is 2.86. The number of nitrogens with two attached hydrogens (primary N) is 1. The third kappa shape index (κ3) is 7.88. The fraction of sp³-hybridized carbons (Fsp3) is 0.611. The SMILES string of the molecule is Cc1ccc(CC(N)C(=O)N2CCCC2)cc1.OCCNCCO. The van der Waals surface area contributed by atoms with E-state index in [9.17, 15) is 4.79 Å². The highest BCUT2D eigenvalue weighted by molar-refractivity contribution is 5.82. The number of hydrogen-bond donors (Lipinski definition) is 4. The molecule has 0 saturated carbocycles. The Labute approximate surface area is 144 Å². The van der Waals surface area contributed by atoms with Gasteiger partial charge in [0.2, 0.25) is 5.91 Å². The summed E-state index contributed by atoms with van der Waals surface area (Å²) in [7, 11) is 0. The van der Waals surface area contributed by atoms with Gasteiger partial charge in [-0.15, -0.1) is 0 Å². The highest BCUT2D eigenvalue weighted by atomic mass is 16.3. The predicted molar refractivity (Wildman–Crippen MR) is 95.7 cm³/mol. The number of carbonyl (C=O) groups is 1. The summed E-state index contributed by atoms with van der Waals surface area (Å²) in [6, 6.07) is 7.82. The number of carbonyl (C=O) groups excluding carboxylic acids is 1. The third-order valence-corrected chi connectivity index (χ3v) is 3.89. The van der Waals surface area contributed by atoms with Crippen molar-refractivity contribution in [3.05, 3.63) is 35.4 Å². The van der Waals surface area contributed by atoms with Gasteiger partial charge in [0, 0.05) is 26.2 Å². The van der Waals surface area contributed by atoms with Crippen molar-refractivity contribution >= 4 is 5.91 Å². The molecular formula is C18H31N3O3. The first kappa shape index (κ1) is 20.6. The smallest absolute Gasteiger partial charge is 0.239 e. The van der Waals surface area contributed by atoms with Gasteiger partial charge in [-0.25, -0.2) is 0 Å². The van der Waals surface area contributed by atoms with Crippen LogP contribution in [0.5, 0.6) is 0 Å². The average molecular weight is 337 g/mol. The van der Waals surface area contributed by atoms with Crippen molar-refractivity contribution < 1.29 is 15.0 Å². The quantitative estimate of drug-likeness (QED) is 0.527. The van der Waals surface area contributed by atoms with Gasteiger partial charge in [-0.3, -0.25) is 4.79 Å². The Bertz CT molecular complexity index is 455. The van der Waals surface area contributed by atoms with Gasteiger partial charge in [-0.1, -0.05) is 29.8 Å². The highest BCUT2D eigenvalue weighted by Crippen LogP contribution is 2.11. The standard InChI is InChI=1S/C14H20N2O.C4H11NO2/c1-11-4-6-12(7-5-11)10-13(15)14(17)16-8-2-3-9-16;6-3-1-5-2-4-7/h4-7,13H,2-3,8-10,15H2,1H3;5-7H,1-4H2. The summed E-state index contributed by atoms with van der Waals surface area (Å²) in [6.45, 7) is 5.22. The molecule has 24 heavy (non-hydrogen) atoms. The number of nitrogens with zero attached hydrogens (tertiary/aromatic N) is 1. The normalized spacial score (nSPS) is 14.9. The molecule has 2 rings (SSSR count). The molecule has 1 atom stereocenters. The maximum Gasteiger partial charge on any atom is 0.239 e. The van der Waals surface area contributed by atoms with Crippen molar-refractivity contribution in [2.75, 3.05) is 39.4 Å². The van der Waals surface area contributed by atoms with Crippen LogP contribution >= 0.6 is 0 Å². The van der Waals surface area contributed by atoms with Crippen LogP contribution in [0.15, 0.2) is 24.3 Å². The molecular weight excluding hydrogens is 306 g/mol. The zero-order valence-corrected chi connectivity index (χ0v) is 14.6. The molecule has 5 N–H and O–H groups in total. The molecule has 0 aliphatic carbocycles. The molecule has 0 radical (unpaired) electrons. The van der Waals surface area contributed by atoms with E-state index < -0.39 is 6.04 Å². The second kappa shape index (κ2) is 12.0. The summed E-state index contributed by atoms with van der Waals surface area (Å²) < 4.78 is 0. The van der Waals surface area contributed by atoms with Crippen molar-refractivity contribution in [2.24, 2.45) is 5.73 Å². The van der Waals surface area contributed by atoms with Gasteiger partial charge in [-0.2, -0.15) is 0 Å². The number of aliphatic hydroxyl groups is 2. The number of rotatable bonds is 7. The minimum absolute atomic E-state index is 0.100. The van der Waals surface area contributed by atoms with Gasteiger partial charge < -0.3 is 26.2 Å². The second-order valence-electron chi connectivity index (χ2n) is 6.03. The van der Waals surface area contributed by atoms with Crippen molar-refractivity contribution in [3.8, 4) is 0 Å². The monoisotopic (exact) mass is 337 g/mol. The van der Waals surface area contributed by atoms with Crippen LogP contribution in [0.4, 0.5) is 0 Å². The first-order valence-electron chi connectivity index (χ1n) is 8.60. The summed E-state index contributed by atoms with van der Waals surface area (Å²) in [5.74, 6) is 0.100. The minimum Gasteiger partial charge on any atom is -0.395 e. The van der Waals surface area contributed by atoms with Crippen molar-refractivity contribution in [3.63, 3.8) is 0 Å². The van der Waals surface area contributed by atoms with Gasteiger partial charge in [0.1, 0.15) is 0 Å². The molecule has 136 valence electrons. The van der Waals surface area contributed by atoms with E-state index in [4.69, 9.17) is 15.9 Å². The second-order valence-corrected chi connectivity index (χ2v) is 6.03. The van der Waals surface area contributed by atoms with Crippen molar-refractivity contribution in [1.82, 2.24) is 10.2 Å². The summed E-state index contributed by atoms with van der Waals surface area (Å²) >= 11 is 0. The number of aryl methyl sites for hydroxylation is 1. The highest BCUT2D eigenvalue weighted by Gasteiger charge is 2.23. The number of amides is 1. The van der Waals surface area contributed by atoms with Crippen molar-refractivity contribution in [1.29, 1.82) is 0 Å². The van der Waals surface area contributed by atoms with Crippen LogP contribution in [0.2, 0.25) is 0 Å². The Morgan fingerprint density at radius 1 is 1.17 bits per heavy atom. The zero-order valence-electron chi connectivity index (χ0n) is 14.6. The lowest BCUT2D eigenvalue weighted by atomic mass is 10.0. The van der Waals surface area contributed by atoms with Crippen LogP contribution in [-0.2, 0) is 11.2 Å². The Hall–Kier alpha value is -1.47. The molecule has 1 aliphatic heterocycles. The first-order valence-corrected chi connectivity index (χ1v) is 8.60.